The molecule has 1 aromatic heterocycles. The number of amides is 2. The molecule has 2 aromatic carbocycles. The van der Waals surface area contributed by atoms with Crippen molar-refractivity contribution in [1.82, 2.24) is 10.5 Å². The van der Waals surface area contributed by atoms with Crippen molar-refractivity contribution in [2.75, 3.05) is 5.32 Å². The fourth-order valence-electron chi connectivity index (χ4n) is 3.11. The molecule has 1 unspecified atom stereocenters. The van der Waals surface area contributed by atoms with Crippen LogP contribution in [0.3, 0.4) is 0 Å². The first-order chi connectivity index (χ1) is 15.2. The number of hydrogen-bond acceptors (Lipinski definition) is 5. The van der Waals surface area contributed by atoms with Crippen LogP contribution in [-0.4, -0.2) is 34.1 Å². The average molecular weight is 492 g/mol. The Hall–Kier alpha value is -3.36. The number of anilines is 1. The molecule has 1 atom stereocenters. The molecule has 0 aliphatic heterocycles. The smallest absolute Gasteiger partial charge is 0.326 e. The number of carbonyl (C=O) groups excluding carboxylic acids is 2. The summed E-state index contributed by atoms with van der Waals surface area (Å²) in [6, 6.07) is 10.1. The number of aliphatic carboxylic acids is 1. The molecule has 33 heavy (non-hydrogen) atoms. The zero-order chi connectivity index (χ0) is 23.4. The molecule has 10 heteroatoms. The normalized spacial score (nSPS) is 11.3. The summed E-state index contributed by atoms with van der Waals surface area (Å²) in [4.78, 5) is 36.6. The van der Waals surface area contributed by atoms with Crippen LogP contribution in [0.2, 0.25) is 10.0 Å². The molecule has 8 nitrogen and oxygen atoms in total. The molecule has 0 aliphatic rings. The maximum absolute atomic E-state index is 12.5. The van der Waals surface area contributed by atoms with Gasteiger partial charge in [0.1, 0.15) is 17.4 Å². The topological polar surface area (TPSA) is 122 Å². The van der Waals surface area contributed by atoms with Crippen molar-refractivity contribution in [2.45, 2.75) is 33.7 Å². The van der Waals surface area contributed by atoms with E-state index in [4.69, 9.17) is 27.7 Å². The van der Waals surface area contributed by atoms with Crippen LogP contribution < -0.4 is 10.6 Å². The highest BCUT2D eigenvalue weighted by Crippen LogP contribution is 2.25. The van der Waals surface area contributed by atoms with Gasteiger partial charge in [-0.25, -0.2) is 4.79 Å². The fourth-order valence-corrected chi connectivity index (χ4v) is 3.67. The third kappa shape index (κ3) is 6.12. The van der Waals surface area contributed by atoms with Crippen molar-refractivity contribution in [3.8, 4) is 0 Å². The number of halogens is 2. The Kier molecular flexibility index (Phi) is 8.62. The summed E-state index contributed by atoms with van der Waals surface area (Å²) >= 11 is 12.1. The average Bonchev–Trinajstić information content (AvgIpc) is 3.06. The van der Waals surface area contributed by atoms with Crippen LogP contribution in [0.5, 0.6) is 0 Å². The number of aryl methyl sites for hydroxylation is 2. The van der Waals surface area contributed by atoms with E-state index < -0.39 is 23.8 Å². The molecule has 0 saturated carbocycles. The van der Waals surface area contributed by atoms with Gasteiger partial charge < -0.3 is 20.3 Å². The zero-order valence-corrected chi connectivity index (χ0v) is 18.6. The Morgan fingerprint density at radius 2 is 1.61 bits per heavy atom. The molecular weight excluding hydrogens is 469 g/mol. The van der Waals surface area contributed by atoms with Crippen LogP contribution in [-0.2, 0) is 11.2 Å². The quantitative estimate of drug-likeness (QED) is 0.431. The maximum Gasteiger partial charge on any atom is 0.326 e. The maximum atomic E-state index is 12.5. The first-order valence-corrected chi connectivity index (χ1v) is 10.2. The number of benzene rings is 2. The Morgan fingerprint density at radius 3 is 2.12 bits per heavy atom. The van der Waals surface area contributed by atoms with Crippen molar-refractivity contribution in [3.63, 3.8) is 0 Å². The lowest BCUT2D eigenvalue weighted by Crippen LogP contribution is -2.42. The van der Waals surface area contributed by atoms with E-state index in [1.165, 1.54) is 0 Å². The summed E-state index contributed by atoms with van der Waals surface area (Å²) in [6.07, 6.45) is 0.0367. The van der Waals surface area contributed by atoms with Crippen LogP contribution >= 0.6 is 23.2 Å². The molecule has 1 heterocycles. The van der Waals surface area contributed by atoms with E-state index in [2.05, 4.69) is 15.8 Å². The zero-order valence-electron chi connectivity index (χ0n) is 17.1. The van der Waals surface area contributed by atoms with Gasteiger partial charge in [0.25, 0.3) is 11.8 Å². The molecule has 174 valence electrons. The summed E-state index contributed by atoms with van der Waals surface area (Å²) in [5, 5.41) is 18.9. The molecule has 3 rings (SSSR count). The predicted octanol–water partition coefficient (Wildman–Crippen LogP) is 4.91. The number of carboxylic acid groups (broad SMARTS) is 1. The summed E-state index contributed by atoms with van der Waals surface area (Å²) in [6.45, 7) is 3.18. The molecule has 2 amide bonds. The van der Waals surface area contributed by atoms with Crippen molar-refractivity contribution in [1.29, 1.82) is 0 Å². The summed E-state index contributed by atoms with van der Waals surface area (Å²) in [7, 11) is 0. The molecule has 0 bridgehead atoms. The number of nitrogens with zero attached hydrogens (tertiary/aromatic N) is 1. The van der Waals surface area contributed by atoms with E-state index in [-0.39, 0.29) is 35.0 Å². The number of nitrogens with one attached hydrogen (secondary N) is 2. The van der Waals surface area contributed by atoms with Crippen molar-refractivity contribution in [2.24, 2.45) is 0 Å². The van der Waals surface area contributed by atoms with Crippen molar-refractivity contribution in [3.05, 3.63) is 80.7 Å². The van der Waals surface area contributed by atoms with Gasteiger partial charge in [0.15, 0.2) is 0 Å². The molecular formula is C23H23Cl2N3O5. The van der Waals surface area contributed by atoms with E-state index in [1.807, 2.05) is 0 Å². The SMILES string of the molecule is C.Cc1noc(C)c1C(=O)NC(Cc1ccc(NC(=O)c2c(Cl)cccc2Cl)cc1)C(=O)O. The van der Waals surface area contributed by atoms with E-state index in [0.717, 1.165) is 0 Å². The molecule has 3 N–H and O–H groups in total. The highest BCUT2D eigenvalue weighted by atomic mass is 35.5. The van der Waals surface area contributed by atoms with Crippen LogP contribution in [0, 0.1) is 13.8 Å². The first-order valence-electron chi connectivity index (χ1n) is 9.48. The lowest BCUT2D eigenvalue weighted by molar-refractivity contribution is -0.139. The van der Waals surface area contributed by atoms with Gasteiger partial charge in [-0.15, -0.1) is 0 Å². The third-order valence-corrected chi connectivity index (χ3v) is 5.34. The summed E-state index contributed by atoms with van der Waals surface area (Å²) in [5.74, 6) is -1.92. The van der Waals surface area contributed by atoms with Gasteiger partial charge in [-0.3, -0.25) is 9.59 Å². The standard InChI is InChI=1S/C22H19Cl2N3O5.CH4/c1-11-18(12(2)32-27-11)20(28)26-17(22(30)31)10-13-6-8-14(9-7-13)25-21(29)19-15(23)4-3-5-16(19)24;/h3-9,17H,10H2,1-2H3,(H,25,29)(H,26,28)(H,30,31);1H4. The Labute approximate surface area is 200 Å². The number of carboxylic acids is 1. The number of hydrogen-bond donors (Lipinski definition) is 3. The molecule has 0 saturated heterocycles. The minimum absolute atomic E-state index is 0. The van der Waals surface area contributed by atoms with Gasteiger partial charge in [-0.2, -0.15) is 0 Å². The molecule has 0 radical (unpaired) electrons. The van der Waals surface area contributed by atoms with Gasteiger partial charge in [0, 0.05) is 12.1 Å². The largest absolute Gasteiger partial charge is 0.480 e. The van der Waals surface area contributed by atoms with Gasteiger partial charge >= 0.3 is 5.97 Å². The minimum Gasteiger partial charge on any atom is -0.480 e. The van der Waals surface area contributed by atoms with E-state index in [1.54, 1.807) is 56.3 Å². The molecule has 0 spiro atoms. The lowest BCUT2D eigenvalue weighted by atomic mass is 10.0. The summed E-state index contributed by atoms with van der Waals surface area (Å²) < 4.78 is 4.96. The Morgan fingerprint density at radius 1 is 1.00 bits per heavy atom. The first kappa shape index (κ1) is 25.9. The van der Waals surface area contributed by atoms with Crippen LogP contribution in [0.1, 0.15) is 45.2 Å². The third-order valence-electron chi connectivity index (χ3n) is 4.71. The lowest BCUT2D eigenvalue weighted by Gasteiger charge is -2.15. The van der Waals surface area contributed by atoms with Gasteiger partial charge in [-0.1, -0.05) is 54.0 Å². The van der Waals surface area contributed by atoms with Gasteiger partial charge in [-0.05, 0) is 43.7 Å². The van der Waals surface area contributed by atoms with Crippen LogP contribution in [0.25, 0.3) is 0 Å². The predicted molar refractivity (Wildman–Crippen MR) is 126 cm³/mol. The minimum atomic E-state index is -1.18. The second-order valence-corrected chi connectivity index (χ2v) is 7.83. The molecule has 0 fully saturated rings. The highest BCUT2D eigenvalue weighted by Gasteiger charge is 2.25. The molecule has 0 aliphatic carbocycles. The second-order valence-electron chi connectivity index (χ2n) is 7.02. The van der Waals surface area contributed by atoms with Crippen LogP contribution in [0.4, 0.5) is 5.69 Å². The Bertz CT molecular complexity index is 1140. The van der Waals surface area contributed by atoms with E-state index in [0.29, 0.717) is 22.7 Å². The van der Waals surface area contributed by atoms with Crippen LogP contribution in [0.15, 0.2) is 47.0 Å². The Balaban J connectivity index is 0.00000385. The second kappa shape index (κ2) is 11.0. The van der Waals surface area contributed by atoms with E-state index >= 15 is 0 Å². The number of aromatic nitrogens is 1. The number of rotatable bonds is 7. The van der Waals surface area contributed by atoms with Crippen molar-refractivity contribution < 1.29 is 24.0 Å². The highest BCUT2D eigenvalue weighted by molar-refractivity contribution is 6.40. The van der Waals surface area contributed by atoms with E-state index in [9.17, 15) is 19.5 Å². The monoisotopic (exact) mass is 491 g/mol. The fraction of sp³-hybridized carbons (Fsp3) is 0.217. The number of carbonyl (C=O) groups is 3. The van der Waals surface area contributed by atoms with Gasteiger partial charge in [0.2, 0.25) is 0 Å². The van der Waals surface area contributed by atoms with Gasteiger partial charge in [0.05, 0.1) is 21.3 Å². The summed E-state index contributed by atoms with van der Waals surface area (Å²) in [5.41, 5.74) is 1.87. The molecule has 3 aromatic rings. The van der Waals surface area contributed by atoms with Crippen molar-refractivity contribution >= 4 is 46.7 Å².